The van der Waals surface area contributed by atoms with Gasteiger partial charge in [0.2, 0.25) is 0 Å². The molecule has 1 N–H and O–H groups in total. The first-order valence-electron chi connectivity index (χ1n) is 4.35. The second kappa shape index (κ2) is 4.93. The van der Waals surface area contributed by atoms with Gasteiger partial charge in [-0.3, -0.25) is 0 Å². The van der Waals surface area contributed by atoms with E-state index in [1.54, 1.807) is 6.92 Å². The van der Waals surface area contributed by atoms with E-state index in [4.69, 9.17) is 4.74 Å². The van der Waals surface area contributed by atoms with Gasteiger partial charge in [-0.15, -0.1) is 0 Å². The predicted octanol–water partition coefficient (Wildman–Crippen LogP) is 2.35. The minimum absolute atomic E-state index is 0.0445. The lowest BCUT2D eigenvalue weighted by Crippen LogP contribution is -2.04. The van der Waals surface area contributed by atoms with Gasteiger partial charge in [0, 0.05) is 0 Å². The number of methoxy groups -OCH3 is 1. The van der Waals surface area contributed by atoms with Gasteiger partial charge in [0.15, 0.2) is 11.5 Å². The van der Waals surface area contributed by atoms with Crippen LogP contribution < -0.4 is 9.47 Å². The van der Waals surface area contributed by atoms with Gasteiger partial charge in [0.25, 0.3) is 0 Å². The molecule has 0 unspecified atom stereocenters. The number of halogens is 2. The zero-order chi connectivity index (χ0) is 11.4. The summed E-state index contributed by atoms with van der Waals surface area (Å²) in [5.74, 6) is 0.130. The van der Waals surface area contributed by atoms with Crippen LogP contribution in [0.3, 0.4) is 0 Å². The molecule has 0 bridgehead atoms. The minimum Gasteiger partial charge on any atom is -0.493 e. The molecule has 0 amide bonds. The lowest BCUT2D eigenvalue weighted by Gasteiger charge is -2.12. The van der Waals surface area contributed by atoms with E-state index in [0.717, 1.165) is 0 Å². The Morgan fingerprint density at radius 1 is 1.27 bits per heavy atom. The first-order valence-corrected chi connectivity index (χ1v) is 4.35. The molecule has 0 saturated heterocycles. The van der Waals surface area contributed by atoms with Crippen molar-refractivity contribution in [3.05, 3.63) is 23.8 Å². The molecule has 0 saturated carbocycles. The van der Waals surface area contributed by atoms with Crippen molar-refractivity contribution in [2.24, 2.45) is 0 Å². The second-order valence-corrected chi connectivity index (χ2v) is 2.96. The molecule has 1 atom stereocenters. The molecule has 0 heterocycles. The highest BCUT2D eigenvalue weighted by Gasteiger charge is 2.12. The smallest absolute Gasteiger partial charge is 0.387 e. The number of hydrogen-bond acceptors (Lipinski definition) is 3. The number of ether oxygens (including phenoxy) is 2. The molecule has 0 spiro atoms. The molecule has 84 valence electrons. The van der Waals surface area contributed by atoms with Crippen LogP contribution in [0.4, 0.5) is 8.78 Å². The largest absolute Gasteiger partial charge is 0.493 e. The highest BCUT2D eigenvalue weighted by Crippen LogP contribution is 2.31. The van der Waals surface area contributed by atoms with E-state index >= 15 is 0 Å². The average molecular weight is 218 g/mol. The lowest BCUT2D eigenvalue weighted by atomic mass is 10.1. The van der Waals surface area contributed by atoms with Gasteiger partial charge in [0.05, 0.1) is 13.2 Å². The van der Waals surface area contributed by atoms with Crippen LogP contribution in [0, 0.1) is 0 Å². The maximum absolute atomic E-state index is 12.0. The first kappa shape index (κ1) is 11.7. The summed E-state index contributed by atoms with van der Waals surface area (Å²) in [7, 11) is 1.35. The summed E-state index contributed by atoms with van der Waals surface area (Å²) < 4.78 is 33.0. The van der Waals surface area contributed by atoms with Crippen LogP contribution in [0.1, 0.15) is 18.6 Å². The number of aliphatic hydroxyl groups excluding tert-OH is 1. The third-order valence-electron chi connectivity index (χ3n) is 1.89. The molecule has 0 aliphatic carbocycles. The SMILES string of the molecule is COc1cc([C@H](C)O)ccc1OC(F)F. The topological polar surface area (TPSA) is 38.7 Å². The van der Waals surface area contributed by atoms with Crippen LogP contribution in [0.5, 0.6) is 11.5 Å². The van der Waals surface area contributed by atoms with Crippen molar-refractivity contribution >= 4 is 0 Å². The molecular formula is C10H12F2O3. The summed E-state index contributed by atoms with van der Waals surface area (Å²) in [6.45, 7) is -1.32. The van der Waals surface area contributed by atoms with Crippen LogP contribution in [0.2, 0.25) is 0 Å². The summed E-state index contributed by atoms with van der Waals surface area (Å²) in [4.78, 5) is 0. The third kappa shape index (κ3) is 3.06. The quantitative estimate of drug-likeness (QED) is 0.843. The molecule has 3 nitrogen and oxygen atoms in total. The summed E-state index contributed by atoms with van der Waals surface area (Å²) in [5, 5.41) is 9.27. The highest BCUT2D eigenvalue weighted by molar-refractivity contribution is 5.43. The number of rotatable bonds is 4. The standard InChI is InChI=1S/C10H12F2O3/c1-6(13)7-3-4-8(15-10(11)12)9(5-7)14-2/h3-6,10,13H,1-2H3/t6-/m0/s1. The number of alkyl halides is 2. The van der Waals surface area contributed by atoms with Gasteiger partial charge in [-0.2, -0.15) is 8.78 Å². The Morgan fingerprint density at radius 2 is 1.93 bits per heavy atom. The number of aliphatic hydroxyl groups is 1. The van der Waals surface area contributed by atoms with Gasteiger partial charge in [-0.05, 0) is 24.6 Å². The normalized spacial score (nSPS) is 12.7. The fraction of sp³-hybridized carbons (Fsp3) is 0.400. The second-order valence-electron chi connectivity index (χ2n) is 2.96. The van der Waals surface area contributed by atoms with Crippen molar-refractivity contribution in [3.63, 3.8) is 0 Å². The van der Waals surface area contributed by atoms with Gasteiger partial charge < -0.3 is 14.6 Å². The number of benzene rings is 1. The van der Waals surface area contributed by atoms with Gasteiger partial charge in [0.1, 0.15) is 0 Å². The Balaban J connectivity index is 2.98. The number of hydrogen-bond donors (Lipinski definition) is 1. The average Bonchev–Trinajstić information content (AvgIpc) is 2.17. The van der Waals surface area contributed by atoms with Gasteiger partial charge in [-0.25, -0.2) is 0 Å². The molecule has 5 heteroatoms. The Morgan fingerprint density at radius 3 is 2.40 bits per heavy atom. The molecule has 1 aromatic carbocycles. The van der Waals surface area contributed by atoms with E-state index in [-0.39, 0.29) is 11.5 Å². The summed E-state index contributed by atoms with van der Waals surface area (Å²) in [6.07, 6.45) is -0.681. The van der Waals surface area contributed by atoms with Gasteiger partial charge >= 0.3 is 6.61 Å². The van der Waals surface area contributed by atoms with E-state index in [9.17, 15) is 13.9 Å². The van der Waals surface area contributed by atoms with Crippen LogP contribution in [0.25, 0.3) is 0 Å². The molecule has 1 aromatic rings. The zero-order valence-electron chi connectivity index (χ0n) is 8.41. The van der Waals surface area contributed by atoms with E-state index in [2.05, 4.69) is 4.74 Å². The fourth-order valence-electron chi connectivity index (χ4n) is 1.14. The van der Waals surface area contributed by atoms with Crippen LogP contribution in [-0.2, 0) is 0 Å². The van der Waals surface area contributed by atoms with Gasteiger partial charge in [-0.1, -0.05) is 6.07 Å². The molecule has 0 aliphatic heterocycles. The lowest BCUT2D eigenvalue weighted by molar-refractivity contribution is -0.0512. The van der Waals surface area contributed by atoms with Crippen molar-refractivity contribution in [1.29, 1.82) is 0 Å². The molecular weight excluding hydrogens is 206 g/mol. The van der Waals surface area contributed by atoms with E-state index in [0.29, 0.717) is 5.56 Å². The van der Waals surface area contributed by atoms with Crippen molar-refractivity contribution < 1.29 is 23.4 Å². The first-order chi connectivity index (χ1) is 7.04. The highest BCUT2D eigenvalue weighted by atomic mass is 19.3. The molecule has 0 aliphatic rings. The third-order valence-corrected chi connectivity index (χ3v) is 1.89. The Labute approximate surface area is 86.2 Å². The summed E-state index contributed by atoms with van der Waals surface area (Å²) in [5.41, 5.74) is 0.577. The van der Waals surface area contributed by atoms with Crippen molar-refractivity contribution in [3.8, 4) is 11.5 Å². The molecule has 0 fully saturated rings. The van der Waals surface area contributed by atoms with Crippen molar-refractivity contribution in [2.45, 2.75) is 19.6 Å². The minimum atomic E-state index is -2.89. The van der Waals surface area contributed by atoms with Crippen LogP contribution >= 0.6 is 0 Å². The van der Waals surface area contributed by atoms with Crippen molar-refractivity contribution in [2.75, 3.05) is 7.11 Å². The molecule has 1 rings (SSSR count). The predicted molar refractivity (Wildman–Crippen MR) is 50.3 cm³/mol. The fourth-order valence-corrected chi connectivity index (χ4v) is 1.14. The Kier molecular flexibility index (Phi) is 3.85. The Hall–Kier alpha value is -1.36. The molecule has 15 heavy (non-hydrogen) atoms. The van der Waals surface area contributed by atoms with Crippen LogP contribution in [-0.4, -0.2) is 18.8 Å². The molecule has 0 radical (unpaired) electrons. The summed E-state index contributed by atoms with van der Waals surface area (Å²) >= 11 is 0. The molecule has 0 aromatic heterocycles. The Bertz CT molecular complexity index is 326. The maximum Gasteiger partial charge on any atom is 0.387 e. The zero-order valence-corrected chi connectivity index (χ0v) is 8.41. The van der Waals surface area contributed by atoms with E-state index in [1.807, 2.05) is 0 Å². The van der Waals surface area contributed by atoms with Crippen molar-refractivity contribution in [1.82, 2.24) is 0 Å². The maximum atomic E-state index is 12.0. The van der Waals surface area contributed by atoms with E-state index < -0.39 is 12.7 Å². The van der Waals surface area contributed by atoms with E-state index in [1.165, 1.54) is 25.3 Å². The summed E-state index contributed by atoms with van der Waals surface area (Å²) in [6, 6.07) is 4.31. The van der Waals surface area contributed by atoms with Crippen LogP contribution in [0.15, 0.2) is 18.2 Å². The monoisotopic (exact) mass is 218 g/mol.